The molecule has 6 nitrogen and oxygen atoms in total. The number of unbranched alkanes of at least 4 members (excludes halogenated alkanes) is 2. The Bertz CT molecular complexity index is 839. The van der Waals surface area contributed by atoms with Crippen molar-refractivity contribution >= 4 is 5.69 Å². The summed E-state index contributed by atoms with van der Waals surface area (Å²) in [5.41, 5.74) is 2.87. The molecule has 0 N–H and O–H groups in total. The third-order valence-electron chi connectivity index (χ3n) is 4.03. The molecule has 0 saturated heterocycles. The minimum absolute atomic E-state index is 0.0335. The number of hydrogen-bond donors (Lipinski definition) is 0. The number of nitro groups is 1. The molecule has 2 aromatic carbocycles. The van der Waals surface area contributed by atoms with Crippen LogP contribution in [0.3, 0.4) is 0 Å². The van der Waals surface area contributed by atoms with E-state index in [1.807, 2.05) is 12.1 Å². The van der Waals surface area contributed by atoms with Gasteiger partial charge in [0.2, 0.25) is 5.82 Å². The molecule has 0 atom stereocenters. The smallest absolute Gasteiger partial charge is 0.269 e. The monoisotopic (exact) mass is 337 g/mol. The fourth-order valence-electron chi connectivity index (χ4n) is 2.58. The molecule has 128 valence electrons. The molecule has 0 radical (unpaired) electrons. The van der Waals surface area contributed by atoms with Gasteiger partial charge in [0.05, 0.1) is 4.92 Å². The summed E-state index contributed by atoms with van der Waals surface area (Å²) in [7, 11) is 0. The summed E-state index contributed by atoms with van der Waals surface area (Å²) in [5, 5.41) is 14.7. The molecule has 0 aliphatic rings. The Balaban J connectivity index is 1.73. The number of nitrogens with zero attached hydrogens (tertiary/aromatic N) is 3. The van der Waals surface area contributed by atoms with Gasteiger partial charge in [-0.1, -0.05) is 37.1 Å². The van der Waals surface area contributed by atoms with Crippen LogP contribution in [-0.2, 0) is 6.42 Å². The maximum atomic E-state index is 10.7. The van der Waals surface area contributed by atoms with Gasteiger partial charge in [0.15, 0.2) is 0 Å². The number of nitro benzene ring substituents is 1. The van der Waals surface area contributed by atoms with E-state index in [0.717, 1.165) is 12.0 Å². The van der Waals surface area contributed by atoms with E-state index in [4.69, 9.17) is 4.52 Å². The Kier molecular flexibility index (Phi) is 5.18. The molecule has 0 saturated carbocycles. The predicted molar refractivity (Wildman–Crippen MR) is 95.1 cm³/mol. The molecule has 0 aliphatic carbocycles. The van der Waals surface area contributed by atoms with Crippen LogP contribution >= 0.6 is 0 Å². The lowest BCUT2D eigenvalue weighted by atomic mass is 10.1. The molecule has 1 heterocycles. The van der Waals surface area contributed by atoms with Gasteiger partial charge in [-0.05, 0) is 42.7 Å². The van der Waals surface area contributed by atoms with Gasteiger partial charge in [-0.15, -0.1) is 0 Å². The lowest BCUT2D eigenvalue weighted by molar-refractivity contribution is -0.384. The van der Waals surface area contributed by atoms with Gasteiger partial charge in [0.25, 0.3) is 11.6 Å². The largest absolute Gasteiger partial charge is 0.334 e. The molecular weight excluding hydrogens is 318 g/mol. The summed E-state index contributed by atoms with van der Waals surface area (Å²) in [6, 6.07) is 14.2. The highest BCUT2D eigenvalue weighted by molar-refractivity contribution is 5.61. The lowest BCUT2D eigenvalue weighted by Crippen LogP contribution is -1.88. The third-order valence-corrected chi connectivity index (χ3v) is 4.03. The molecule has 0 spiro atoms. The molecule has 6 heteroatoms. The van der Waals surface area contributed by atoms with Crippen LogP contribution in [-0.4, -0.2) is 15.1 Å². The second-order valence-electron chi connectivity index (χ2n) is 5.88. The molecule has 25 heavy (non-hydrogen) atoms. The van der Waals surface area contributed by atoms with Gasteiger partial charge in [0.1, 0.15) is 0 Å². The highest BCUT2D eigenvalue weighted by Crippen LogP contribution is 2.24. The molecule has 0 aliphatic heterocycles. The highest BCUT2D eigenvalue weighted by Gasteiger charge is 2.12. The standard InChI is InChI=1S/C19H19N3O3/c1-2-3-4-5-14-6-8-16(9-7-14)19-20-18(21-25-19)15-10-12-17(13-11-15)22(23)24/h6-13H,2-5H2,1H3. The molecule has 0 fully saturated rings. The van der Waals surface area contributed by atoms with E-state index in [9.17, 15) is 10.1 Å². The number of aryl methyl sites for hydroxylation is 1. The molecule has 0 unspecified atom stereocenters. The van der Waals surface area contributed by atoms with Crippen LogP contribution in [0.1, 0.15) is 31.7 Å². The molecule has 1 aromatic heterocycles. The van der Waals surface area contributed by atoms with E-state index < -0.39 is 4.92 Å². The molecule has 3 aromatic rings. The number of hydrogen-bond acceptors (Lipinski definition) is 5. The number of aromatic nitrogens is 2. The van der Waals surface area contributed by atoms with Crippen LogP contribution < -0.4 is 0 Å². The summed E-state index contributed by atoms with van der Waals surface area (Å²) in [5.74, 6) is 0.852. The summed E-state index contributed by atoms with van der Waals surface area (Å²) in [4.78, 5) is 14.6. The quantitative estimate of drug-likeness (QED) is 0.342. The van der Waals surface area contributed by atoms with Crippen molar-refractivity contribution in [3.63, 3.8) is 0 Å². The van der Waals surface area contributed by atoms with Crippen molar-refractivity contribution in [2.75, 3.05) is 0 Å². The summed E-state index contributed by atoms with van der Waals surface area (Å²) < 4.78 is 5.33. The van der Waals surface area contributed by atoms with Crippen LogP contribution in [0.2, 0.25) is 0 Å². The first-order valence-corrected chi connectivity index (χ1v) is 8.35. The number of rotatable bonds is 7. The van der Waals surface area contributed by atoms with Crippen LogP contribution in [0.25, 0.3) is 22.8 Å². The molecule has 0 amide bonds. The second-order valence-corrected chi connectivity index (χ2v) is 5.88. The first-order valence-electron chi connectivity index (χ1n) is 8.35. The molecular formula is C19H19N3O3. The Hall–Kier alpha value is -3.02. The minimum Gasteiger partial charge on any atom is -0.334 e. The zero-order valence-electron chi connectivity index (χ0n) is 14.0. The zero-order chi connectivity index (χ0) is 17.6. The van der Waals surface area contributed by atoms with Crippen molar-refractivity contribution in [3.8, 4) is 22.8 Å². The third kappa shape index (κ3) is 4.09. The van der Waals surface area contributed by atoms with E-state index in [0.29, 0.717) is 17.3 Å². The minimum atomic E-state index is -0.437. The van der Waals surface area contributed by atoms with Crippen molar-refractivity contribution in [1.29, 1.82) is 0 Å². The SMILES string of the molecule is CCCCCc1ccc(-c2nc(-c3ccc([N+](=O)[O-])cc3)no2)cc1. The van der Waals surface area contributed by atoms with Gasteiger partial charge in [0, 0.05) is 23.3 Å². The summed E-state index contributed by atoms with van der Waals surface area (Å²) in [6.45, 7) is 2.20. The van der Waals surface area contributed by atoms with Crippen molar-refractivity contribution < 1.29 is 9.45 Å². The second kappa shape index (κ2) is 7.70. The van der Waals surface area contributed by atoms with E-state index in [1.54, 1.807) is 12.1 Å². The fraction of sp³-hybridized carbons (Fsp3) is 0.263. The zero-order valence-corrected chi connectivity index (χ0v) is 14.0. The number of benzene rings is 2. The molecule has 0 bridgehead atoms. The Morgan fingerprint density at radius 2 is 1.68 bits per heavy atom. The molecule has 3 rings (SSSR count). The van der Waals surface area contributed by atoms with E-state index >= 15 is 0 Å². The van der Waals surface area contributed by atoms with Crippen LogP contribution in [0.15, 0.2) is 53.1 Å². The van der Waals surface area contributed by atoms with Gasteiger partial charge in [-0.2, -0.15) is 4.98 Å². The van der Waals surface area contributed by atoms with Crippen LogP contribution in [0, 0.1) is 10.1 Å². The topological polar surface area (TPSA) is 82.1 Å². The maximum Gasteiger partial charge on any atom is 0.269 e. The van der Waals surface area contributed by atoms with E-state index in [2.05, 4.69) is 29.2 Å². The van der Waals surface area contributed by atoms with E-state index in [1.165, 1.54) is 37.0 Å². The summed E-state index contributed by atoms with van der Waals surface area (Å²) in [6.07, 6.45) is 4.72. The highest BCUT2D eigenvalue weighted by atomic mass is 16.6. The average molecular weight is 337 g/mol. The van der Waals surface area contributed by atoms with Crippen LogP contribution in [0.4, 0.5) is 5.69 Å². The van der Waals surface area contributed by atoms with Crippen molar-refractivity contribution in [2.45, 2.75) is 32.6 Å². The van der Waals surface area contributed by atoms with Gasteiger partial charge >= 0.3 is 0 Å². The predicted octanol–water partition coefficient (Wildman–Crippen LogP) is 5.04. The van der Waals surface area contributed by atoms with Crippen molar-refractivity contribution in [3.05, 3.63) is 64.2 Å². The Morgan fingerprint density at radius 3 is 2.32 bits per heavy atom. The normalized spacial score (nSPS) is 10.8. The van der Waals surface area contributed by atoms with Gasteiger partial charge in [-0.25, -0.2) is 0 Å². The first-order chi connectivity index (χ1) is 12.2. The first kappa shape index (κ1) is 16.8. The fourth-order valence-corrected chi connectivity index (χ4v) is 2.58. The maximum absolute atomic E-state index is 10.7. The lowest BCUT2D eigenvalue weighted by Gasteiger charge is -2.01. The van der Waals surface area contributed by atoms with Crippen molar-refractivity contribution in [2.24, 2.45) is 0 Å². The van der Waals surface area contributed by atoms with E-state index in [-0.39, 0.29) is 5.69 Å². The van der Waals surface area contributed by atoms with Gasteiger partial charge < -0.3 is 4.52 Å². The summed E-state index contributed by atoms with van der Waals surface area (Å²) >= 11 is 0. The van der Waals surface area contributed by atoms with Gasteiger partial charge in [-0.3, -0.25) is 10.1 Å². The number of non-ortho nitro benzene ring substituents is 1. The van der Waals surface area contributed by atoms with Crippen molar-refractivity contribution in [1.82, 2.24) is 10.1 Å². The average Bonchev–Trinajstić information content (AvgIpc) is 3.13. The Labute approximate surface area is 145 Å². The van der Waals surface area contributed by atoms with Crippen LogP contribution in [0.5, 0.6) is 0 Å². The Morgan fingerprint density at radius 1 is 1.00 bits per heavy atom.